The fourth-order valence-corrected chi connectivity index (χ4v) is 3.88. The average Bonchev–Trinajstić information content (AvgIpc) is 2.87. The van der Waals surface area contributed by atoms with E-state index in [4.69, 9.17) is 4.74 Å². The molecular weight excluding hydrogens is 188 g/mol. The minimum Gasteiger partial charge on any atom is -0.462 e. The zero-order chi connectivity index (χ0) is 10.4. The van der Waals surface area contributed by atoms with Crippen LogP contribution >= 0.6 is 0 Å². The maximum Gasteiger partial charge on any atom is 0.305 e. The third-order valence-electron chi connectivity index (χ3n) is 4.51. The van der Waals surface area contributed by atoms with Crippen LogP contribution in [0.2, 0.25) is 0 Å². The Morgan fingerprint density at radius 1 is 1.40 bits per heavy atom. The molecule has 0 N–H and O–H groups in total. The van der Waals surface area contributed by atoms with Crippen molar-refractivity contribution in [2.45, 2.75) is 38.7 Å². The molecule has 0 radical (unpaired) electrons. The molecule has 2 bridgehead atoms. The van der Waals surface area contributed by atoms with E-state index in [1.807, 2.05) is 6.92 Å². The van der Waals surface area contributed by atoms with E-state index >= 15 is 0 Å². The number of carbonyl (C=O) groups excluding carboxylic acids is 1. The molecule has 2 fully saturated rings. The fraction of sp³-hybridized carbons (Fsp3) is 0.769. The molecule has 0 aliphatic heterocycles. The molecule has 5 atom stereocenters. The average molecular weight is 206 g/mol. The molecule has 3 aliphatic rings. The highest BCUT2D eigenvalue weighted by Gasteiger charge is 2.53. The van der Waals surface area contributed by atoms with Crippen LogP contribution in [0.1, 0.15) is 32.6 Å². The summed E-state index contributed by atoms with van der Waals surface area (Å²) in [5.74, 6) is 3.04. The van der Waals surface area contributed by atoms with Gasteiger partial charge in [0.2, 0.25) is 0 Å². The number of esters is 1. The minimum atomic E-state index is -0.0185. The molecule has 3 aliphatic carbocycles. The van der Waals surface area contributed by atoms with E-state index in [2.05, 4.69) is 12.2 Å². The van der Waals surface area contributed by atoms with Crippen LogP contribution in [-0.2, 0) is 9.53 Å². The molecule has 0 amide bonds. The lowest BCUT2D eigenvalue weighted by Gasteiger charge is -2.30. The zero-order valence-corrected chi connectivity index (χ0v) is 9.19. The predicted octanol–water partition coefficient (Wildman–Crippen LogP) is 2.54. The van der Waals surface area contributed by atoms with Gasteiger partial charge in [0.05, 0.1) is 0 Å². The smallest absolute Gasteiger partial charge is 0.305 e. The topological polar surface area (TPSA) is 26.3 Å². The van der Waals surface area contributed by atoms with Crippen LogP contribution in [0, 0.1) is 23.7 Å². The quantitative estimate of drug-likeness (QED) is 0.512. The molecule has 0 heterocycles. The maximum absolute atomic E-state index is 11.3. The van der Waals surface area contributed by atoms with E-state index in [0.717, 1.165) is 24.2 Å². The van der Waals surface area contributed by atoms with E-state index in [1.165, 1.54) is 12.8 Å². The van der Waals surface area contributed by atoms with Crippen LogP contribution in [-0.4, -0.2) is 12.1 Å². The fourth-order valence-electron chi connectivity index (χ4n) is 3.88. The van der Waals surface area contributed by atoms with E-state index in [0.29, 0.717) is 12.3 Å². The number of hydrogen-bond acceptors (Lipinski definition) is 2. The molecule has 2 saturated carbocycles. The van der Waals surface area contributed by atoms with Crippen molar-refractivity contribution in [2.24, 2.45) is 23.7 Å². The normalized spacial score (nSPS) is 45.8. The SMILES string of the molecule is CCC(=O)O[C@@H]1C[C@H]2C[C@@H]1[C@@H]1CC=C[C@H]21. The highest BCUT2D eigenvalue weighted by atomic mass is 16.5. The molecule has 0 aromatic rings. The lowest BCUT2D eigenvalue weighted by molar-refractivity contribution is -0.152. The summed E-state index contributed by atoms with van der Waals surface area (Å²) in [5, 5.41) is 0. The Bertz CT molecular complexity index is 308. The lowest BCUT2D eigenvalue weighted by atomic mass is 9.80. The first-order chi connectivity index (χ1) is 7.29. The van der Waals surface area contributed by atoms with Gasteiger partial charge >= 0.3 is 5.97 Å². The Morgan fingerprint density at radius 3 is 3.07 bits per heavy atom. The Labute approximate surface area is 90.7 Å². The molecule has 3 rings (SSSR count). The van der Waals surface area contributed by atoms with Crippen LogP contribution in [0.3, 0.4) is 0 Å². The molecule has 0 aromatic heterocycles. The van der Waals surface area contributed by atoms with Gasteiger partial charge in [0.25, 0.3) is 0 Å². The van der Waals surface area contributed by atoms with Crippen molar-refractivity contribution in [1.82, 2.24) is 0 Å². The van der Waals surface area contributed by atoms with E-state index in [1.54, 1.807) is 0 Å². The van der Waals surface area contributed by atoms with Gasteiger partial charge in [-0.25, -0.2) is 0 Å². The van der Waals surface area contributed by atoms with Gasteiger partial charge in [-0.15, -0.1) is 0 Å². The number of fused-ring (bicyclic) bond motifs is 5. The second kappa shape index (κ2) is 3.36. The second-order valence-corrected chi connectivity index (χ2v) is 5.18. The van der Waals surface area contributed by atoms with Crippen LogP contribution in [0.15, 0.2) is 12.2 Å². The second-order valence-electron chi connectivity index (χ2n) is 5.18. The summed E-state index contributed by atoms with van der Waals surface area (Å²) in [5.41, 5.74) is 0. The summed E-state index contributed by atoms with van der Waals surface area (Å²) in [6, 6.07) is 0. The summed E-state index contributed by atoms with van der Waals surface area (Å²) in [4.78, 5) is 11.3. The monoisotopic (exact) mass is 206 g/mol. The Kier molecular flexibility index (Phi) is 2.11. The molecule has 0 aromatic carbocycles. The zero-order valence-electron chi connectivity index (χ0n) is 9.19. The largest absolute Gasteiger partial charge is 0.462 e. The first kappa shape index (κ1) is 9.44. The van der Waals surface area contributed by atoms with Gasteiger partial charge in [-0.05, 0) is 42.9 Å². The lowest BCUT2D eigenvalue weighted by Crippen LogP contribution is -2.32. The maximum atomic E-state index is 11.3. The summed E-state index contributed by atoms with van der Waals surface area (Å²) in [6.45, 7) is 1.87. The summed E-state index contributed by atoms with van der Waals surface area (Å²) < 4.78 is 5.54. The molecular formula is C13H18O2. The van der Waals surface area contributed by atoms with Gasteiger partial charge in [0.15, 0.2) is 0 Å². The third-order valence-corrected chi connectivity index (χ3v) is 4.51. The van der Waals surface area contributed by atoms with Crippen molar-refractivity contribution >= 4 is 5.97 Å². The third kappa shape index (κ3) is 1.34. The number of ether oxygens (including phenoxy) is 1. The van der Waals surface area contributed by atoms with Gasteiger partial charge in [-0.3, -0.25) is 4.79 Å². The van der Waals surface area contributed by atoms with Crippen LogP contribution < -0.4 is 0 Å². The van der Waals surface area contributed by atoms with Gasteiger partial charge in [-0.2, -0.15) is 0 Å². The van der Waals surface area contributed by atoms with Crippen molar-refractivity contribution in [3.8, 4) is 0 Å². The van der Waals surface area contributed by atoms with Crippen molar-refractivity contribution in [2.75, 3.05) is 0 Å². The van der Waals surface area contributed by atoms with E-state index < -0.39 is 0 Å². The first-order valence-corrected chi connectivity index (χ1v) is 6.15. The highest BCUT2D eigenvalue weighted by molar-refractivity contribution is 5.69. The highest BCUT2D eigenvalue weighted by Crippen LogP contribution is 2.57. The summed E-state index contributed by atoms with van der Waals surface area (Å²) in [7, 11) is 0. The van der Waals surface area contributed by atoms with Gasteiger partial charge < -0.3 is 4.74 Å². The molecule has 0 saturated heterocycles. The molecule has 0 spiro atoms. The first-order valence-electron chi connectivity index (χ1n) is 6.15. The van der Waals surface area contributed by atoms with Crippen molar-refractivity contribution in [1.29, 1.82) is 0 Å². The van der Waals surface area contributed by atoms with Gasteiger partial charge in [-0.1, -0.05) is 19.1 Å². The van der Waals surface area contributed by atoms with Crippen molar-refractivity contribution in [3.05, 3.63) is 12.2 Å². The minimum absolute atomic E-state index is 0.0185. The standard InChI is InChI=1S/C13H18O2/c1-2-13(14)15-12-7-8-6-11(12)10-5-3-4-9(8)10/h3-4,8-12H,2,5-7H2,1H3/t8-,9-,10-,11-,12-/m1/s1. The van der Waals surface area contributed by atoms with Crippen LogP contribution in [0.5, 0.6) is 0 Å². The van der Waals surface area contributed by atoms with E-state index in [9.17, 15) is 4.79 Å². The number of carbonyl (C=O) groups is 1. The number of allylic oxidation sites excluding steroid dienone is 2. The van der Waals surface area contributed by atoms with Crippen molar-refractivity contribution in [3.63, 3.8) is 0 Å². The molecule has 2 heteroatoms. The molecule has 2 nitrogen and oxygen atoms in total. The van der Waals surface area contributed by atoms with E-state index in [-0.39, 0.29) is 12.1 Å². The van der Waals surface area contributed by atoms with Crippen LogP contribution in [0.4, 0.5) is 0 Å². The molecule has 0 unspecified atom stereocenters. The van der Waals surface area contributed by atoms with Crippen molar-refractivity contribution < 1.29 is 9.53 Å². The Hall–Kier alpha value is -0.790. The molecule has 15 heavy (non-hydrogen) atoms. The summed E-state index contributed by atoms with van der Waals surface area (Å²) in [6.07, 6.45) is 9.09. The van der Waals surface area contributed by atoms with Gasteiger partial charge in [0.1, 0.15) is 6.10 Å². The molecule has 82 valence electrons. The van der Waals surface area contributed by atoms with Gasteiger partial charge in [0, 0.05) is 6.42 Å². The van der Waals surface area contributed by atoms with Crippen LogP contribution in [0.25, 0.3) is 0 Å². The summed E-state index contributed by atoms with van der Waals surface area (Å²) >= 11 is 0. The Morgan fingerprint density at radius 2 is 2.27 bits per heavy atom. The predicted molar refractivity (Wildman–Crippen MR) is 57.1 cm³/mol. The number of rotatable bonds is 2. The Balaban J connectivity index is 1.69. The number of hydrogen-bond donors (Lipinski definition) is 0.